The Balaban J connectivity index is 2.52. The lowest BCUT2D eigenvalue weighted by molar-refractivity contribution is 0.459. The fourth-order valence-corrected chi connectivity index (χ4v) is 1.63. The van der Waals surface area contributed by atoms with Gasteiger partial charge in [-0.3, -0.25) is 0 Å². The van der Waals surface area contributed by atoms with Crippen molar-refractivity contribution in [2.24, 2.45) is 0 Å². The Morgan fingerprint density at radius 2 is 1.53 bits per heavy atom. The predicted octanol–water partition coefficient (Wildman–Crippen LogP) is 4.22. The van der Waals surface area contributed by atoms with Crippen LogP contribution in [0.25, 0.3) is 0 Å². The van der Waals surface area contributed by atoms with Crippen LogP contribution in [-0.4, -0.2) is 0 Å². The molecule has 0 aliphatic carbocycles. The van der Waals surface area contributed by atoms with Crippen molar-refractivity contribution in [3.05, 3.63) is 52.6 Å². The maximum absolute atomic E-state index is 13.4. The number of hydrogen-bond acceptors (Lipinski definition) is 2. The van der Waals surface area contributed by atoms with Crippen LogP contribution >= 0.6 is 11.6 Å². The lowest BCUT2D eigenvalue weighted by Crippen LogP contribution is -2.04. The molecule has 0 radical (unpaired) electrons. The standard InChI is InChI=1S/C12H7ClF4N2/c13-5-1-2-8(18)9(3-5)19-12-10(16)6(14)4-7(15)11(12)17/h1-4,19H,18H2. The van der Waals surface area contributed by atoms with Crippen LogP contribution in [0.3, 0.4) is 0 Å². The fraction of sp³-hybridized carbons (Fsp3) is 0. The third kappa shape index (κ3) is 2.58. The van der Waals surface area contributed by atoms with Gasteiger partial charge in [0.2, 0.25) is 0 Å². The quantitative estimate of drug-likeness (QED) is 0.494. The molecule has 2 nitrogen and oxygen atoms in total. The molecule has 0 saturated heterocycles. The van der Waals surface area contributed by atoms with Gasteiger partial charge in [-0.2, -0.15) is 0 Å². The molecule has 2 rings (SSSR count). The predicted molar refractivity (Wildman–Crippen MR) is 65.4 cm³/mol. The van der Waals surface area contributed by atoms with E-state index in [1.807, 2.05) is 0 Å². The number of hydrogen-bond donors (Lipinski definition) is 2. The Bertz CT molecular complexity index is 620. The zero-order valence-corrected chi connectivity index (χ0v) is 10.0. The molecule has 0 aromatic heterocycles. The Kier molecular flexibility index (Phi) is 3.53. The van der Waals surface area contributed by atoms with Crippen LogP contribution in [0.5, 0.6) is 0 Å². The molecule has 0 atom stereocenters. The van der Waals surface area contributed by atoms with E-state index in [9.17, 15) is 17.6 Å². The van der Waals surface area contributed by atoms with Crippen molar-refractivity contribution in [1.82, 2.24) is 0 Å². The largest absolute Gasteiger partial charge is 0.397 e. The first-order valence-electron chi connectivity index (χ1n) is 5.05. The van der Waals surface area contributed by atoms with E-state index in [2.05, 4.69) is 5.32 Å². The van der Waals surface area contributed by atoms with Gasteiger partial charge in [0.05, 0.1) is 11.4 Å². The van der Waals surface area contributed by atoms with Crippen LogP contribution in [-0.2, 0) is 0 Å². The highest BCUT2D eigenvalue weighted by Gasteiger charge is 2.19. The summed E-state index contributed by atoms with van der Waals surface area (Å²) in [5, 5.41) is 2.44. The number of benzene rings is 2. The summed E-state index contributed by atoms with van der Waals surface area (Å²) in [5.41, 5.74) is 4.75. The number of nitrogens with one attached hydrogen (secondary N) is 1. The SMILES string of the molecule is Nc1ccc(Cl)cc1Nc1c(F)c(F)cc(F)c1F. The third-order valence-corrected chi connectivity index (χ3v) is 2.62. The molecule has 0 amide bonds. The molecule has 0 fully saturated rings. The van der Waals surface area contributed by atoms with Gasteiger partial charge in [-0.25, -0.2) is 17.6 Å². The van der Waals surface area contributed by atoms with E-state index in [4.69, 9.17) is 17.3 Å². The molecule has 0 bridgehead atoms. The van der Waals surface area contributed by atoms with Crippen molar-refractivity contribution >= 4 is 28.7 Å². The molecule has 0 aliphatic rings. The molecular formula is C12H7ClF4N2. The molecule has 7 heteroatoms. The molecule has 3 N–H and O–H groups in total. The van der Waals surface area contributed by atoms with Crippen molar-refractivity contribution in [2.45, 2.75) is 0 Å². The van der Waals surface area contributed by atoms with Crippen LogP contribution in [0, 0.1) is 23.3 Å². The molecule has 19 heavy (non-hydrogen) atoms. The smallest absolute Gasteiger partial charge is 0.185 e. The minimum absolute atomic E-state index is 0.0373. The molecule has 0 aliphatic heterocycles. The first kappa shape index (κ1) is 13.5. The van der Waals surface area contributed by atoms with Gasteiger partial charge in [0, 0.05) is 11.1 Å². The van der Waals surface area contributed by atoms with E-state index in [0.29, 0.717) is 0 Å². The van der Waals surface area contributed by atoms with E-state index in [1.54, 1.807) is 0 Å². The Hall–Kier alpha value is -1.95. The summed E-state index contributed by atoms with van der Waals surface area (Å²) in [6, 6.07) is 4.24. The molecule has 2 aromatic rings. The number of nitrogens with two attached hydrogens (primary N) is 1. The molecule has 0 unspecified atom stereocenters. The lowest BCUT2D eigenvalue weighted by atomic mass is 10.2. The maximum Gasteiger partial charge on any atom is 0.185 e. The molecular weight excluding hydrogens is 284 g/mol. The highest BCUT2D eigenvalue weighted by Crippen LogP contribution is 2.31. The second-order valence-corrected chi connectivity index (χ2v) is 4.14. The highest BCUT2D eigenvalue weighted by molar-refractivity contribution is 6.31. The summed E-state index contributed by atoms with van der Waals surface area (Å²) in [5.74, 6) is -6.11. The fourth-order valence-electron chi connectivity index (χ4n) is 1.45. The molecule has 0 saturated carbocycles. The summed E-state index contributed by atoms with van der Waals surface area (Å²) >= 11 is 5.69. The van der Waals surface area contributed by atoms with Crippen LogP contribution < -0.4 is 11.1 Å². The minimum Gasteiger partial charge on any atom is -0.397 e. The van der Waals surface area contributed by atoms with Crippen molar-refractivity contribution in [2.75, 3.05) is 11.1 Å². The maximum atomic E-state index is 13.4. The topological polar surface area (TPSA) is 38.0 Å². The van der Waals surface area contributed by atoms with Gasteiger partial charge < -0.3 is 11.1 Å². The summed E-state index contributed by atoms with van der Waals surface area (Å²) in [7, 11) is 0. The number of halogens is 5. The van der Waals surface area contributed by atoms with E-state index in [-0.39, 0.29) is 22.5 Å². The summed E-state index contributed by atoms with van der Waals surface area (Å²) in [6.45, 7) is 0. The van der Waals surface area contributed by atoms with Crippen molar-refractivity contribution in [1.29, 1.82) is 0 Å². The Labute approximate surface area is 110 Å². The second-order valence-electron chi connectivity index (χ2n) is 3.70. The van der Waals surface area contributed by atoms with Crippen molar-refractivity contribution in [3.63, 3.8) is 0 Å². The van der Waals surface area contributed by atoms with E-state index < -0.39 is 29.0 Å². The van der Waals surface area contributed by atoms with Crippen LogP contribution in [0.4, 0.5) is 34.6 Å². The second kappa shape index (κ2) is 4.97. The normalized spacial score (nSPS) is 10.6. The zero-order chi connectivity index (χ0) is 14.2. The average molecular weight is 291 g/mol. The van der Waals surface area contributed by atoms with Gasteiger partial charge in [0.25, 0.3) is 0 Å². The molecule has 0 spiro atoms. The van der Waals surface area contributed by atoms with Crippen LogP contribution in [0.2, 0.25) is 5.02 Å². The first-order valence-corrected chi connectivity index (χ1v) is 5.43. The van der Waals surface area contributed by atoms with Gasteiger partial charge in [-0.05, 0) is 18.2 Å². The van der Waals surface area contributed by atoms with E-state index in [0.717, 1.165) is 0 Å². The molecule has 0 heterocycles. The van der Waals surface area contributed by atoms with Gasteiger partial charge in [0.15, 0.2) is 23.3 Å². The first-order chi connectivity index (χ1) is 8.90. The molecule has 2 aromatic carbocycles. The van der Waals surface area contributed by atoms with E-state index in [1.165, 1.54) is 18.2 Å². The minimum atomic E-state index is -1.54. The molecule has 100 valence electrons. The van der Waals surface area contributed by atoms with Gasteiger partial charge >= 0.3 is 0 Å². The Morgan fingerprint density at radius 3 is 2.11 bits per heavy atom. The van der Waals surface area contributed by atoms with E-state index >= 15 is 0 Å². The summed E-state index contributed by atoms with van der Waals surface area (Å²) < 4.78 is 52.9. The zero-order valence-electron chi connectivity index (χ0n) is 9.28. The van der Waals surface area contributed by atoms with Gasteiger partial charge in [-0.1, -0.05) is 11.6 Å². The van der Waals surface area contributed by atoms with Crippen molar-refractivity contribution in [3.8, 4) is 0 Å². The van der Waals surface area contributed by atoms with Crippen LogP contribution in [0.15, 0.2) is 24.3 Å². The van der Waals surface area contributed by atoms with Crippen LogP contribution in [0.1, 0.15) is 0 Å². The highest BCUT2D eigenvalue weighted by atomic mass is 35.5. The lowest BCUT2D eigenvalue weighted by Gasteiger charge is -2.12. The number of rotatable bonds is 2. The average Bonchev–Trinajstić information content (AvgIpc) is 2.36. The number of anilines is 3. The third-order valence-electron chi connectivity index (χ3n) is 2.39. The monoisotopic (exact) mass is 290 g/mol. The summed E-state index contributed by atoms with van der Waals surface area (Å²) in [6.07, 6.45) is 0. The van der Waals surface area contributed by atoms with Gasteiger partial charge in [0.1, 0.15) is 5.69 Å². The summed E-state index contributed by atoms with van der Waals surface area (Å²) in [4.78, 5) is 0. The van der Waals surface area contributed by atoms with Crippen molar-refractivity contribution < 1.29 is 17.6 Å². The Morgan fingerprint density at radius 1 is 0.947 bits per heavy atom. The number of nitrogen functional groups attached to an aromatic ring is 1. The van der Waals surface area contributed by atoms with Gasteiger partial charge in [-0.15, -0.1) is 0 Å².